The molecule has 26 heavy (non-hydrogen) atoms. The molecular weight excluding hydrogens is 332 g/mol. The van der Waals surface area contributed by atoms with Gasteiger partial charge in [-0.25, -0.2) is 4.79 Å². The van der Waals surface area contributed by atoms with Gasteiger partial charge in [-0.2, -0.15) is 4.98 Å². The Morgan fingerprint density at radius 3 is 2.69 bits per heavy atom. The fourth-order valence-corrected chi connectivity index (χ4v) is 3.42. The second-order valence-corrected chi connectivity index (χ2v) is 6.46. The fraction of sp³-hybridized carbons (Fsp3) is 0.368. The van der Waals surface area contributed by atoms with Crippen LogP contribution in [0.25, 0.3) is 11.4 Å². The first kappa shape index (κ1) is 16.5. The first-order valence-electron chi connectivity index (χ1n) is 8.92. The van der Waals surface area contributed by atoms with Crippen LogP contribution >= 0.6 is 0 Å². The Labute approximate surface area is 149 Å². The second kappa shape index (κ2) is 6.74. The number of hydrogen-bond donors (Lipinski definition) is 0. The maximum atomic E-state index is 13.2. The molecule has 1 aliphatic rings. The van der Waals surface area contributed by atoms with Gasteiger partial charge >= 0.3 is 5.69 Å². The van der Waals surface area contributed by atoms with Crippen LogP contribution in [-0.2, 0) is 25.9 Å². The van der Waals surface area contributed by atoms with Gasteiger partial charge < -0.3 is 4.52 Å². The van der Waals surface area contributed by atoms with Crippen LogP contribution in [0.4, 0.5) is 0 Å². The van der Waals surface area contributed by atoms with Gasteiger partial charge in [-0.15, -0.1) is 0 Å². The van der Waals surface area contributed by atoms with Crippen LogP contribution in [0, 0.1) is 0 Å². The van der Waals surface area contributed by atoms with E-state index in [-0.39, 0.29) is 23.6 Å². The highest BCUT2D eigenvalue weighted by Gasteiger charge is 2.25. The molecule has 0 aliphatic carbocycles. The van der Waals surface area contributed by atoms with Crippen molar-refractivity contribution >= 4 is 0 Å². The molecule has 0 radical (unpaired) electrons. The van der Waals surface area contributed by atoms with Gasteiger partial charge in [-0.3, -0.25) is 13.9 Å². The zero-order chi connectivity index (χ0) is 18.1. The molecule has 7 heteroatoms. The molecule has 0 amide bonds. The first-order valence-corrected chi connectivity index (χ1v) is 8.92. The van der Waals surface area contributed by atoms with Gasteiger partial charge in [0.15, 0.2) is 0 Å². The lowest BCUT2D eigenvalue weighted by atomic mass is 10.0. The van der Waals surface area contributed by atoms with Crippen molar-refractivity contribution in [3.8, 4) is 11.4 Å². The SMILES string of the molecule is CCc1nc(-c2c3n(c(=O)n(Cc4ccccc4)c2=O)CCCC3)no1. The highest BCUT2D eigenvalue weighted by Crippen LogP contribution is 2.22. The van der Waals surface area contributed by atoms with E-state index in [0.717, 1.165) is 24.1 Å². The lowest BCUT2D eigenvalue weighted by Crippen LogP contribution is -2.44. The quantitative estimate of drug-likeness (QED) is 0.717. The van der Waals surface area contributed by atoms with Gasteiger partial charge in [-0.1, -0.05) is 42.4 Å². The van der Waals surface area contributed by atoms with Crippen molar-refractivity contribution in [2.45, 2.75) is 45.7 Å². The molecule has 0 saturated carbocycles. The molecule has 0 N–H and O–H groups in total. The molecule has 1 aliphatic heterocycles. The molecule has 7 nitrogen and oxygen atoms in total. The molecule has 134 valence electrons. The molecule has 0 atom stereocenters. The molecule has 1 aromatic carbocycles. The van der Waals surface area contributed by atoms with E-state index in [9.17, 15) is 9.59 Å². The molecule has 3 aromatic rings. The van der Waals surface area contributed by atoms with Gasteiger partial charge in [0.1, 0.15) is 5.56 Å². The summed E-state index contributed by atoms with van der Waals surface area (Å²) in [6, 6.07) is 9.50. The molecule has 0 spiro atoms. The van der Waals surface area contributed by atoms with Gasteiger partial charge in [0.25, 0.3) is 5.56 Å². The van der Waals surface area contributed by atoms with Crippen LogP contribution in [0.2, 0.25) is 0 Å². The number of hydrogen-bond acceptors (Lipinski definition) is 5. The fourth-order valence-electron chi connectivity index (χ4n) is 3.42. The maximum absolute atomic E-state index is 13.2. The van der Waals surface area contributed by atoms with Crippen LogP contribution in [0.15, 0.2) is 44.4 Å². The van der Waals surface area contributed by atoms with Crippen LogP contribution in [0.5, 0.6) is 0 Å². The predicted octanol–water partition coefficient (Wildman–Crippen LogP) is 2.01. The lowest BCUT2D eigenvalue weighted by molar-refractivity contribution is 0.382. The van der Waals surface area contributed by atoms with Crippen LogP contribution in [0.1, 0.15) is 36.9 Å². The average Bonchev–Trinajstić information content (AvgIpc) is 3.15. The zero-order valence-corrected chi connectivity index (χ0v) is 14.6. The standard InChI is InChI=1S/C19H20N4O3/c1-2-15-20-17(21-26-15)16-14-10-6-7-11-22(14)19(25)23(18(16)24)12-13-8-4-3-5-9-13/h3-5,8-9H,2,6-7,10-12H2,1H3. The van der Waals surface area contributed by atoms with Crippen LogP contribution < -0.4 is 11.2 Å². The summed E-state index contributed by atoms with van der Waals surface area (Å²) >= 11 is 0. The highest BCUT2D eigenvalue weighted by molar-refractivity contribution is 5.56. The molecule has 0 unspecified atom stereocenters. The molecule has 0 fully saturated rings. The zero-order valence-electron chi connectivity index (χ0n) is 14.6. The molecule has 0 saturated heterocycles. The predicted molar refractivity (Wildman–Crippen MR) is 96.1 cm³/mol. The third kappa shape index (κ3) is 2.79. The highest BCUT2D eigenvalue weighted by atomic mass is 16.5. The van der Waals surface area contributed by atoms with Gasteiger partial charge in [0, 0.05) is 18.7 Å². The topological polar surface area (TPSA) is 82.9 Å². The van der Waals surface area contributed by atoms with Crippen molar-refractivity contribution in [1.29, 1.82) is 0 Å². The Morgan fingerprint density at radius 1 is 1.15 bits per heavy atom. The molecular formula is C19H20N4O3. The number of fused-ring (bicyclic) bond motifs is 1. The normalized spacial score (nSPS) is 13.6. The number of nitrogens with zero attached hydrogens (tertiary/aromatic N) is 4. The third-order valence-corrected chi connectivity index (χ3v) is 4.76. The van der Waals surface area contributed by atoms with E-state index >= 15 is 0 Å². The monoisotopic (exact) mass is 352 g/mol. The van der Waals surface area contributed by atoms with Gasteiger partial charge in [0.2, 0.25) is 11.7 Å². The second-order valence-electron chi connectivity index (χ2n) is 6.46. The smallest absolute Gasteiger partial charge is 0.331 e. The average molecular weight is 352 g/mol. The molecule has 2 aromatic heterocycles. The van der Waals surface area contributed by atoms with E-state index in [0.29, 0.717) is 30.8 Å². The van der Waals surface area contributed by atoms with Crippen molar-refractivity contribution in [1.82, 2.24) is 19.3 Å². The summed E-state index contributed by atoms with van der Waals surface area (Å²) in [5.74, 6) is 0.758. The summed E-state index contributed by atoms with van der Waals surface area (Å²) in [6.45, 7) is 2.74. The van der Waals surface area contributed by atoms with Crippen LogP contribution in [-0.4, -0.2) is 19.3 Å². The molecule has 0 bridgehead atoms. The first-order chi connectivity index (χ1) is 12.7. The summed E-state index contributed by atoms with van der Waals surface area (Å²) in [7, 11) is 0. The Morgan fingerprint density at radius 2 is 1.96 bits per heavy atom. The summed E-state index contributed by atoms with van der Waals surface area (Å²) in [5, 5.41) is 3.99. The largest absolute Gasteiger partial charge is 0.339 e. The number of aromatic nitrogens is 4. The Hall–Kier alpha value is -2.96. The van der Waals surface area contributed by atoms with Crippen molar-refractivity contribution in [3.63, 3.8) is 0 Å². The molecule has 3 heterocycles. The van der Waals surface area contributed by atoms with E-state index in [1.165, 1.54) is 4.57 Å². The van der Waals surface area contributed by atoms with Crippen molar-refractivity contribution in [2.24, 2.45) is 0 Å². The van der Waals surface area contributed by atoms with E-state index in [1.54, 1.807) is 4.57 Å². The number of rotatable bonds is 4. The summed E-state index contributed by atoms with van der Waals surface area (Å²) in [5.41, 5.74) is 1.39. The minimum Gasteiger partial charge on any atom is -0.339 e. The minimum atomic E-state index is -0.351. The van der Waals surface area contributed by atoms with E-state index in [1.807, 2.05) is 37.3 Å². The molecule has 4 rings (SSSR count). The van der Waals surface area contributed by atoms with E-state index in [2.05, 4.69) is 10.1 Å². The van der Waals surface area contributed by atoms with Crippen LogP contribution in [0.3, 0.4) is 0 Å². The van der Waals surface area contributed by atoms with Gasteiger partial charge in [-0.05, 0) is 24.8 Å². The minimum absolute atomic E-state index is 0.226. The third-order valence-electron chi connectivity index (χ3n) is 4.76. The van der Waals surface area contributed by atoms with Gasteiger partial charge in [0.05, 0.1) is 6.54 Å². The Balaban J connectivity index is 1.94. The van der Waals surface area contributed by atoms with Crippen molar-refractivity contribution < 1.29 is 4.52 Å². The number of benzene rings is 1. The lowest BCUT2D eigenvalue weighted by Gasteiger charge is -2.21. The van der Waals surface area contributed by atoms with E-state index < -0.39 is 0 Å². The number of aryl methyl sites for hydroxylation is 1. The van der Waals surface area contributed by atoms with Crippen molar-refractivity contribution in [3.05, 3.63) is 68.3 Å². The summed E-state index contributed by atoms with van der Waals surface area (Å²) < 4.78 is 8.18. The summed E-state index contributed by atoms with van der Waals surface area (Å²) in [4.78, 5) is 30.5. The summed E-state index contributed by atoms with van der Waals surface area (Å²) in [6.07, 6.45) is 3.12. The van der Waals surface area contributed by atoms with E-state index in [4.69, 9.17) is 4.52 Å². The van der Waals surface area contributed by atoms with Crippen molar-refractivity contribution in [2.75, 3.05) is 0 Å². The Kier molecular flexibility index (Phi) is 4.28. The maximum Gasteiger partial charge on any atom is 0.331 e. The Bertz CT molecular complexity index is 1050.